The summed E-state index contributed by atoms with van der Waals surface area (Å²) in [4.78, 5) is 37.6. The molecule has 0 fully saturated rings. The first-order valence-corrected chi connectivity index (χ1v) is 10.7. The van der Waals surface area contributed by atoms with Gasteiger partial charge in [-0.2, -0.15) is 0 Å². The number of hydrogen-bond acceptors (Lipinski definition) is 5. The van der Waals surface area contributed by atoms with E-state index in [0.29, 0.717) is 16.8 Å². The highest BCUT2D eigenvalue weighted by atomic mass is 35.5. The highest BCUT2D eigenvalue weighted by Gasteiger charge is 2.31. The average molecular weight is 491 g/mol. The summed E-state index contributed by atoms with van der Waals surface area (Å²) in [5.74, 6) is -0.381. The van der Waals surface area contributed by atoms with Crippen molar-refractivity contribution in [1.82, 2.24) is 9.97 Å². The zero-order valence-corrected chi connectivity index (χ0v) is 17.8. The molecule has 3 aromatic rings. The third-order valence-corrected chi connectivity index (χ3v) is 5.13. The molecule has 32 heavy (non-hydrogen) atoms. The van der Waals surface area contributed by atoms with E-state index in [9.17, 15) is 22.5 Å². The molecule has 0 saturated carbocycles. The Labute approximate surface area is 183 Å². The van der Waals surface area contributed by atoms with Crippen molar-refractivity contribution >= 4 is 19.4 Å². The predicted octanol–water partition coefficient (Wildman–Crippen LogP) is 4.57. The molecule has 170 valence electrons. The van der Waals surface area contributed by atoms with E-state index < -0.39 is 26.2 Å². The van der Waals surface area contributed by atoms with Crippen molar-refractivity contribution in [3.8, 4) is 28.1 Å². The molecule has 0 atom stereocenters. The van der Waals surface area contributed by atoms with E-state index in [1.54, 1.807) is 0 Å². The molecular formula is C19H15ClF3N2O6P. The van der Waals surface area contributed by atoms with Crippen molar-refractivity contribution in [3.63, 3.8) is 0 Å². The second kappa shape index (κ2) is 9.05. The number of pyridine rings is 2. The molecular weight excluding hydrogens is 476 g/mol. The quantitative estimate of drug-likeness (QED) is 0.432. The van der Waals surface area contributed by atoms with Crippen LogP contribution in [0.4, 0.5) is 13.2 Å². The number of aromatic nitrogens is 2. The van der Waals surface area contributed by atoms with Crippen LogP contribution in [-0.4, -0.2) is 26.1 Å². The number of aromatic amines is 1. The zero-order chi connectivity index (χ0) is 23.7. The molecule has 1 aromatic carbocycles. The maximum Gasteiger partial charge on any atom is 0.573 e. The standard InChI is InChI=1S/C19H15ClF3N2O6P/c1-10-17(20)18(26)16(15(25-10)9-30-32(27,28)29)12-4-7-14(24-8-12)11-2-5-13(6-3-11)31-19(21,22)23/h2-8H,9H2,1H3,(H,25,26)(H2,27,28,29). The van der Waals surface area contributed by atoms with Gasteiger partial charge in [0.2, 0.25) is 5.43 Å². The van der Waals surface area contributed by atoms with Crippen molar-refractivity contribution < 1.29 is 36.8 Å². The van der Waals surface area contributed by atoms with Crippen LogP contribution in [0.15, 0.2) is 47.4 Å². The van der Waals surface area contributed by atoms with E-state index in [4.69, 9.17) is 21.4 Å². The fourth-order valence-electron chi connectivity index (χ4n) is 2.86. The maximum absolute atomic E-state index is 12.7. The van der Waals surface area contributed by atoms with Gasteiger partial charge in [0.15, 0.2) is 0 Å². The van der Waals surface area contributed by atoms with Gasteiger partial charge in [0.1, 0.15) is 10.8 Å². The van der Waals surface area contributed by atoms with Crippen molar-refractivity contribution in [2.75, 3.05) is 0 Å². The van der Waals surface area contributed by atoms with Gasteiger partial charge >= 0.3 is 14.2 Å². The molecule has 0 saturated heterocycles. The summed E-state index contributed by atoms with van der Waals surface area (Å²) in [5.41, 5.74) is 0.983. The lowest BCUT2D eigenvalue weighted by Crippen LogP contribution is -2.16. The summed E-state index contributed by atoms with van der Waals surface area (Å²) in [6.07, 6.45) is -3.47. The van der Waals surface area contributed by atoms with Gasteiger partial charge in [0, 0.05) is 23.0 Å². The van der Waals surface area contributed by atoms with Crippen molar-refractivity contribution in [2.45, 2.75) is 19.9 Å². The summed E-state index contributed by atoms with van der Waals surface area (Å²) in [6, 6.07) is 8.09. The van der Waals surface area contributed by atoms with E-state index in [-0.39, 0.29) is 27.7 Å². The lowest BCUT2D eigenvalue weighted by Gasteiger charge is -2.13. The van der Waals surface area contributed by atoms with Crippen molar-refractivity contribution in [1.29, 1.82) is 0 Å². The van der Waals surface area contributed by atoms with Crippen LogP contribution in [0.2, 0.25) is 5.02 Å². The normalized spacial score (nSPS) is 12.1. The number of phosphoric acid groups is 1. The molecule has 0 aliphatic carbocycles. The monoisotopic (exact) mass is 490 g/mol. The van der Waals surface area contributed by atoms with Crippen LogP contribution in [0.3, 0.4) is 0 Å². The van der Waals surface area contributed by atoms with Crippen LogP contribution in [0.1, 0.15) is 11.4 Å². The molecule has 0 spiro atoms. The molecule has 0 aliphatic heterocycles. The van der Waals surface area contributed by atoms with Crippen LogP contribution in [0.25, 0.3) is 22.4 Å². The first kappa shape index (κ1) is 24.0. The number of nitrogens with one attached hydrogen (secondary N) is 1. The summed E-state index contributed by atoms with van der Waals surface area (Å²) >= 11 is 6.03. The maximum atomic E-state index is 12.7. The number of alkyl halides is 3. The summed E-state index contributed by atoms with van der Waals surface area (Å²) in [5, 5.41) is -0.107. The van der Waals surface area contributed by atoms with Crippen LogP contribution < -0.4 is 10.2 Å². The third kappa shape index (κ3) is 5.96. The van der Waals surface area contributed by atoms with Gasteiger partial charge in [-0.15, -0.1) is 13.2 Å². The Morgan fingerprint density at radius 2 is 1.75 bits per heavy atom. The van der Waals surface area contributed by atoms with Crippen molar-refractivity contribution in [2.24, 2.45) is 0 Å². The van der Waals surface area contributed by atoms with Gasteiger partial charge in [-0.05, 0) is 37.3 Å². The molecule has 2 aromatic heterocycles. The van der Waals surface area contributed by atoms with Crippen molar-refractivity contribution in [3.05, 3.63) is 69.2 Å². The number of rotatable bonds is 6. The van der Waals surface area contributed by atoms with E-state index in [2.05, 4.69) is 19.2 Å². The summed E-state index contributed by atoms with van der Waals surface area (Å²) < 4.78 is 56.2. The van der Waals surface area contributed by atoms with Gasteiger partial charge < -0.3 is 19.5 Å². The van der Waals surface area contributed by atoms with E-state index in [1.165, 1.54) is 37.4 Å². The molecule has 2 heterocycles. The lowest BCUT2D eigenvalue weighted by atomic mass is 10.0. The third-order valence-electron chi connectivity index (χ3n) is 4.21. The van der Waals surface area contributed by atoms with E-state index >= 15 is 0 Å². The molecule has 3 rings (SSSR count). The Balaban J connectivity index is 1.94. The number of phosphoric ester groups is 1. The number of ether oxygens (including phenoxy) is 1. The Kier molecular flexibility index (Phi) is 6.77. The van der Waals surface area contributed by atoms with Crippen LogP contribution in [-0.2, 0) is 15.7 Å². The van der Waals surface area contributed by atoms with Crippen LogP contribution in [0.5, 0.6) is 5.75 Å². The van der Waals surface area contributed by atoms with Crippen LogP contribution >= 0.6 is 19.4 Å². The van der Waals surface area contributed by atoms with Gasteiger partial charge in [0.25, 0.3) is 0 Å². The minimum absolute atomic E-state index is 0.0158. The smallest absolute Gasteiger partial charge is 0.406 e. The topological polar surface area (TPSA) is 122 Å². The largest absolute Gasteiger partial charge is 0.573 e. The Bertz CT molecular complexity index is 1220. The first-order chi connectivity index (χ1) is 14.8. The summed E-state index contributed by atoms with van der Waals surface area (Å²) in [6.45, 7) is 0.928. The van der Waals surface area contributed by atoms with Gasteiger partial charge in [-0.25, -0.2) is 4.57 Å². The number of hydrogen-bond donors (Lipinski definition) is 3. The number of nitrogens with zero attached hydrogens (tertiary/aromatic N) is 1. The SMILES string of the molecule is Cc1[nH]c(COP(=O)(O)O)c(-c2ccc(-c3ccc(OC(F)(F)F)cc3)nc2)c(=O)c1Cl. The van der Waals surface area contributed by atoms with Gasteiger partial charge in [0.05, 0.1) is 23.6 Å². The highest BCUT2D eigenvalue weighted by molar-refractivity contribution is 7.46. The fraction of sp³-hybridized carbons (Fsp3) is 0.158. The molecule has 0 unspecified atom stereocenters. The predicted molar refractivity (Wildman–Crippen MR) is 109 cm³/mol. The van der Waals surface area contributed by atoms with Crippen LogP contribution in [0, 0.1) is 6.92 Å². The number of benzene rings is 1. The molecule has 0 bridgehead atoms. The molecule has 0 aliphatic rings. The zero-order valence-electron chi connectivity index (χ0n) is 16.2. The van der Waals surface area contributed by atoms with Gasteiger partial charge in [-0.3, -0.25) is 14.3 Å². The van der Waals surface area contributed by atoms with E-state index in [1.807, 2.05) is 0 Å². The highest BCUT2D eigenvalue weighted by Crippen LogP contribution is 2.38. The van der Waals surface area contributed by atoms with Gasteiger partial charge in [-0.1, -0.05) is 17.7 Å². The molecule has 3 N–H and O–H groups in total. The minimum Gasteiger partial charge on any atom is -0.406 e. The molecule has 13 heteroatoms. The lowest BCUT2D eigenvalue weighted by molar-refractivity contribution is -0.274. The van der Waals surface area contributed by atoms with E-state index in [0.717, 1.165) is 12.1 Å². The fourth-order valence-corrected chi connectivity index (χ4v) is 3.30. The Morgan fingerprint density at radius 1 is 1.12 bits per heavy atom. The number of H-pyrrole nitrogens is 1. The summed E-state index contributed by atoms with van der Waals surface area (Å²) in [7, 11) is -4.80. The molecule has 8 nitrogen and oxygen atoms in total. The number of aryl methyl sites for hydroxylation is 1. The molecule has 0 amide bonds. The minimum atomic E-state index is -4.80. The molecule has 0 radical (unpaired) electrons. The first-order valence-electron chi connectivity index (χ1n) is 8.78. The Morgan fingerprint density at radius 3 is 2.28 bits per heavy atom. The second-order valence-corrected chi connectivity index (χ2v) is 8.13. The average Bonchev–Trinajstić information content (AvgIpc) is 2.70. The number of halogens is 4. The second-order valence-electron chi connectivity index (χ2n) is 6.51. The Hall–Kier alpha value is -2.69.